The molecule has 13 heavy (non-hydrogen) atoms. The number of aromatic nitrogens is 2. The van der Waals surface area contributed by atoms with Crippen molar-refractivity contribution >= 4 is 5.95 Å². The van der Waals surface area contributed by atoms with Gasteiger partial charge < -0.3 is 4.74 Å². The van der Waals surface area contributed by atoms with Crippen molar-refractivity contribution in [3.05, 3.63) is 12.3 Å². The molecule has 5 nitrogen and oxygen atoms in total. The van der Waals surface area contributed by atoms with Crippen LogP contribution in [0.2, 0.25) is 0 Å². The second kappa shape index (κ2) is 4.61. The van der Waals surface area contributed by atoms with Gasteiger partial charge in [-0.1, -0.05) is 0 Å². The molecule has 0 aliphatic carbocycles. The van der Waals surface area contributed by atoms with Crippen molar-refractivity contribution in [2.75, 3.05) is 26.1 Å². The standard InChI is InChI=1S/C8H14N4O/c1-4-13-7-5-6-9-8(10-7)11-12(2)3/h5-6H,4H2,1-3H3,(H,9,10,11). The van der Waals surface area contributed by atoms with Gasteiger partial charge in [0.05, 0.1) is 6.61 Å². The molecule has 0 fully saturated rings. The van der Waals surface area contributed by atoms with Crippen LogP contribution in [-0.4, -0.2) is 35.7 Å². The van der Waals surface area contributed by atoms with Gasteiger partial charge in [-0.3, -0.25) is 5.43 Å². The zero-order valence-corrected chi connectivity index (χ0v) is 8.11. The molecule has 1 aromatic rings. The maximum Gasteiger partial charge on any atom is 0.240 e. The van der Waals surface area contributed by atoms with Gasteiger partial charge in [0.15, 0.2) is 0 Å². The van der Waals surface area contributed by atoms with E-state index in [1.165, 1.54) is 0 Å². The lowest BCUT2D eigenvalue weighted by atomic mass is 10.6. The number of hydrogen-bond acceptors (Lipinski definition) is 5. The van der Waals surface area contributed by atoms with Crippen molar-refractivity contribution in [2.45, 2.75) is 6.92 Å². The minimum absolute atomic E-state index is 0.538. The fourth-order valence-corrected chi connectivity index (χ4v) is 0.824. The number of nitrogens with zero attached hydrogens (tertiary/aromatic N) is 3. The third-order valence-electron chi connectivity index (χ3n) is 1.25. The summed E-state index contributed by atoms with van der Waals surface area (Å²) in [4.78, 5) is 8.13. The fourth-order valence-electron chi connectivity index (χ4n) is 0.824. The SMILES string of the molecule is CCOc1ccnc(NN(C)C)n1. The first-order chi connectivity index (χ1) is 6.22. The van der Waals surface area contributed by atoms with Crippen LogP contribution in [0.4, 0.5) is 5.95 Å². The largest absolute Gasteiger partial charge is 0.478 e. The predicted molar refractivity (Wildman–Crippen MR) is 50.5 cm³/mol. The molecule has 1 N–H and O–H groups in total. The van der Waals surface area contributed by atoms with Gasteiger partial charge in [0.2, 0.25) is 11.8 Å². The normalized spacial score (nSPS) is 10.2. The Morgan fingerprint density at radius 2 is 2.31 bits per heavy atom. The molecule has 0 unspecified atom stereocenters. The monoisotopic (exact) mass is 182 g/mol. The summed E-state index contributed by atoms with van der Waals surface area (Å²) in [5.74, 6) is 1.12. The lowest BCUT2D eigenvalue weighted by Crippen LogP contribution is -2.21. The molecule has 5 heteroatoms. The molecular weight excluding hydrogens is 168 g/mol. The van der Waals surface area contributed by atoms with Gasteiger partial charge in [-0.05, 0) is 6.92 Å². The minimum atomic E-state index is 0.538. The summed E-state index contributed by atoms with van der Waals surface area (Å²) >= 11 is 0. The fraction of sp³-hybridized carbons (Fsp3) is 0.500. The Morgan fingerprint density at radius 3 is 2.92 bits per heavy atom. The Hall–Kier alpha value is -1.36. The molecule has 1 heterocycles. The third kappa shape index (κ3) is 3.25. The number of hydrazine groups is 1. The van der Waals surface area contributed by atoms with Crippen LogP contribution in [0.25, 0.3) is 0 Å². The van der Waals surface area contributed by atoms with Crippen LogP contribution < -0.4 is 10.2 Å². The molecule has 0 radical (unpaired) electrons. The highest BCUT2D eigenvalue weighted by Gasteiger charge is 1.98. The van der Waals surface area contributed by atoms with E-state index in [0.29, 0.717) is 18.4 Å². The van der Waals surface area contributed by atoms with E-state index in [4.69, 9.17) is 4.74 Å². The number of ether oxygens (including phenoxy) is 1. The molecule has 0 bridgehead atoms. The first-order valence-corrected chi connectivity index (χ1v) is 4.12. The van der Waals surface area contributed by atoms with Crippen LogP contribution in [0, 0.1) is 0 Å². The molecule has 0 saturated heterocycles. The van der Waals surface area contributed by atoms with Crippen LogP contribution in [-0.2, 0) is 0 Å². The summed E-state index contributed by atoms with van der Waals surface area (Å²) in [7, 11) is 3.74. The Balaban J connectivity index is 2.67. The number of anilines is 1. The second-order valence-electron chi connectivity index (χ2n) is 2.66. The van der Waals surface area contributed by atoms with Crippen molar-refractivity contribution < 1.29 is 4.74 Å². The quantitative estimate of drug-likeness (QED) is 0.697. The van der Waals surface area contributed by atoms with Gasteiger partial charge in [-0.2, -0.15) is 4.98 Å². The summed E-state index contributed by atoms with van der Waals surface area (Å²) < 4.78 is 5.22. The van der Waals surface area contributed by atoms with E-state index in [2.05, 4.69) is 15.4 Å². The minimum Gasteiger partial charge on any atom is -0.478 e. The Bertz CT molecular complexity index is 264. The van der Waals surface area contributed by atoms with Crippen molar-refractivity contribution in [2.24, 2.45) is 0 Å². The molecule has 0 spiro atoms. The van der Waals surface area contributed by atoms with Gasteiger partial charge in [0.1, 0.15) is 0 Å². The average Bonchev–Trinajstić information content (AvgIpc) is 2.04. The number of nitrogens with one attached hydrogen (secondary N) is 1. The van der Waals surface area contributed by atoms with Crippen molar-refractivity contribution in [1.82, 2.24) is 15.0 Å². The molecule has 72 valence electrons. The van der Waals surface area contributed by atoms with Crippen molar-refractivity contribution in [3.8, 4) is 5.88 Å². The predicted octanol–water partition coefficient (Wildman–Crippen LogP) is 0.764. The highest BCUT2D eigenvalue weighted by Crippen LogP contribution is 2.07. The molecule has 0 aliphatic heterocycles. The lowest BCUT2D eigenvalue weighted by Gasteiger charge is -2.11. The van der Waals surface area contributed by atoms with Crippen molar-refractivity contribution in [3.63, 3.8) is 0 Å². The second-order valence-corrected chi connectivity index (χ2v) is 2.66. The zero-order chi connectivity index (χ0) is 9.68. The number of hydrogen-bond donors (Lipinski definition) is 1. The van der Waals surface area contributed by atoms with Crippen LogP contribution in [0.15, 0.2) is 12.3 Å². The molecular formula is C8H14N4O. The van der Waals surface area contributed by atoms with Gasteiger partial charge in [0.25, 0.3) is 0 Å². The van der Waals surface area contributed by atoms with Crippen LogP contribution in [0.3, 0.4) is 0 Å². The van der Waals surface area contributed by atoms with E-state index in [-0.39, 0.29) is 0 Å². The molecule has 0 aromatic carbocycles. The van der Waals surface area contributed by atoms with E-state index in [1.807, 2.05) is 21.0 Å². The zero-order valence-electron chi connectivity index (χ0n) is 8.11. The van der Waals surface area contributed by atoms with E-state index < -0.39 is 0 Å². The number of rotatable bonds is 4. The molecule has 0 atom stereocenters. The summed E-state index contributed by atoms with van der Waals surface area (Å²) in [6.45, 7) is 2.53. The van der Waals surface area contributed by atoms with Gasteiger partial charge in [0, 0.05) is 26.4 Å². The first-order valence-electron chi connectivity index (χ1n) is 4.12. The van der Waals surface area contributed by atoms with Crippen molar-refractivity contribution in [1.29, 1.82) is 0 Å². The van der Waals surface area contributed by atoms with Crippen LogP contribution >= 0.6 is 0 Å². The molecule has 0 aliphatic rings. The summed E-state index contributed by atoms with van der Waals surface area (Å²) in [5.41, 5.74) is 2.93. The van der Waals surface area contributed by atoms with E-state index in [1.54, 1.807) is 17.3 Å². The van der Waals surface area contributed by atoms with Crippen LogP contribution in [0.5, 0.6) is 5.88 Å². The Morgan fingerprint density at radius 1 is 1.54 bits per heavy atom. The maximum absolute atomic E-state index is 5.22. The Kier molecular flexibility index (Phi) is 3.45. The third-order valence-corrected chi connectivity index (χ3v) is 1.25. The summed E-state index contributed by atoms with van der Waals surface area (Å²) in [6, 6.07) is 1.73. The molecule has 1 aromatic heterocycles. The lowest BCUT2D eigenvalue weighted by molar-refractivity contribution is 0.326. The molecule has 1 rings (SSSR count). The first kappa shape index (κ1) is 9.73. The molecule has 0 saturated carbocycles. The Labute approximate surface area is 77.7 Å². The highest BCUT2D eigenvalue weighted by molar-refractivity contribution is 5.25. The van der Waals surface area contributed by atoms with Gasteiger partial charge in [-0.25, -0.2) is 9.99 Å². The van der Waals surface area contributed by atoms with Crippen LogP contribution in [0.1, 0.15) is 6.92 Å². The van der Waals surface area contributed by atoms with E-state index >= 15 is 0 Å². The molecule has 0 amide bonds. The summed E-state index contributed by atoms with van der Waals surface area (Å²) in [5, 5.41) is 1.77. The maximum atomic E-state index is 5.22. The van der Waals surface area contributed by atoms with E-state index in [0.717, 1.165) is 0 Å². The topological polar surface area (TPSA) is 50.3 Å². The smallest absolute Gasteiger partial charge is 0.240 e. The van der Waals surface area contributed by atoms with Gasteiger partial charge >= 0.3 is 0 Å². The van der Waals surface area contributed by atoms with Gasteiger partial charge in [-0.15, -0.1) is 0 Å². The average molecular weight is 182 g/mol. The van der Waals surface area contributed by atoms with E-state index in [9.17, 15) is 0 Å². The highest BCUT2D eigenvalue weighted by atomic mass is 16.5. The summed E-state index contributed by atoms with van der Waals surface area (Å²) in [6.07, 6.45) is 1.66.